The van der Waals surface area contributed by atoms with Gasteiger partial charge in [-0.15, -0.1) is 11.3 Å². The minimum Gasteiger partial charge on any atom is -0.374 e. The first-order valence-electron chi connectivity index (χ1n) is 7.00. The number of ether oxygens (including phenoxy) is 1. The summed E-state index contributed by atoms with van der Waals surface area (Å²) in [6.07, 6.45) is 3.49. The van der Waals surface area contributed by atoms with Crippen LogP contribution in [-0.4, -0.2) is 42.6 Å². The molecule has 1 aliphatic carbocycles. The van der Waals surface area contributed by atoms with E-state index >= 15 is 0 Å². The van der Waals surface area contributed by atoms with Gasteiger partial charge in [-0.25, -0.2) is 0 Å². The quantitative estimate of drug-likeness (QED) is 0.797. The maximum Gasteiger partial charge on any atom is 0.265 e. The molecule has 20 heavy (non-hydrogen) atoms. The number of fused-ring (bicyclic) bond motifs is 1. The number of hydrogen-bond donors (Lipinski definition) is 1. The highest BCUT2D eigenvalue weighted by Crippen LogP contribution is 2.31. The third-order valence-electron chi connectivity index (χ3n) is 3.93. The zero-order chi connectivity index (χ0) is 13.9. The number of nitrogens with two attached hydrogens (primary N) is 1. The first-order chi connectivity index (χ1) is 9.81. The molecule has 2 heterocycles. The molecule has 4 nitrogen and oxygen atoms in total. The van der Waals surface area contributed by atoms with E-state index in [1.807, 2.05) is 16.3 Å². The van der Waals surface area contributed by atoms with Gasteiger partial charge in [-0.3, -0.25) is 4.79 Å². The number of hydrogen-bond acceptors (Lipinski definition) is 4. The lowest BCUT2D eigenvalue weighted by atomic mass is 10.1. The molecule has 1 saturated heterocycles. The number of nitrogens with zero attached hydrogens (tertiary/aromatic N) is 1. The lowest BCUT2D eigenvalue weighted by Crippen LogP contribution is -2.51. The first kappa shape index (κ1) is 13.6. The van der Waals surface area contributed by atoms with Crippen LogP contribution in [0.25, 0.3) is 0 Å². The Bertz CT molecular complexity index is 558. The van der Waals surface area contributed by atoms with Crippen molar-refractivity contribution in [2.75, 3.05) is 19.7 Å². The predicted octanol–water partition coefficient (Wildman–Crippen LogP) is 1.45. The molecule has 106 valence electrons. The summed E-state index contributed by atoms with van der Waals surface area (Å²) in [4.78, 5) is 15.5. The van der Waals surface area contributed by atoms with Crippen LogP contribution in [0.3, 0.4) is 0 Å². The molecule has 1 aromatic rings. The van der Waals surface area contributed by atoms with Gasteiger partial charge in [0.25, 0.3) is 5.91 Å². The van der Waals surface area contributed by atoms with Crippen LogP contribution in [0.15, 0.2) is 11.4 Å². The molecule has 0 aromatic carbocycles. The van der Waals surface area contributed by atoms with Gasteiger partial charge in [0.1, 0.15) is 4.88 Å². The molecule has 1 amide bonds. The highest BCUT2D eigenvalue weighted by Gasteiger charge is 2.39. The van der Waals surface area contributed by atoms with Gasteiger partial charge in [-0.1, -0.05) is 11.8 Å². The fraction of sp³-hybridized carbons (Fsp3) is 0.533. The van der Waals surface area contributed by atoms with Crippen LogP contribution in [0, 0.1) is 11.8 Å². The van der Waals surface area contributed by atoms with Crippen molar-refractivity contribution in [3.63, 3.8) is 0 Å². The van der Waals surface area contributed by atoms with Crippen molar-refractivity contribution in [2.45, 2.75) is 31.4 Å². The lowest BCUT2D eigenvalue weighted by Gasteiger charge is -2.37. The highest BCUT2D eigenvalue weighted by atomic mass is 32.1. The molecule has 0 radical (unpaired) electrons. The van der Waals surface area contributed by atoms with Crippen LogP contribution in [-0.2, 0) is 4.74 Å². The van der Waals surface area contributed by atoms with Gasteiger partial charge in [0.2, 0.25) is 0 Å². The fourth-order valence-electron chi connectivity index (χ4n) is 3.03. The molecular formula is C15H18N2O2S. The number of carbonyl (C=O) groups excluding carboxylic acids is 1. The van der Waals surface area contributed by atoms with Crippen molar-refractivity contribution in [2.24, 2.45) is 5.73 Å². The predicted molar refractivity (Wildman–Crippen MR) is 78.7 cm³/mol. The summed E-state index contributed by atoms with van der Waals surface area (Å²) in [5.74, 6) is 5.91. The number of amides is 1. The zero-order valence-corrected chi connectivity index (χ0v) is 12.1. The molecule has 3 rings (SSSR count). The molecule has 0 spiro atoms. The maximum absolute atomic E-state index is 12.8. The third kappa shape index (κ3) is 2.47. The van der Waals surface area contributed by atoms with Gasteiger partial charge in [-0.2, -0.15) is 0 Å². The van der Waals surface area contributed by atoms with E-state index in [0.29, 0.717) is 19.7 Å². The molecule has 2 atom stereocenters. The summed E-state index contributed by atoms with van der Waals surface area (Å²) in [5, 5.41) is 1.92. The molecule has 2 unspecified atom stereocenters. The molecule has 2 N–H and O–H groups in total. The summed E-state index contributed by atoms with van der Waals surface area (Å²) in [6, 6.07) is 2.14. The van der Waals surface area contributed by atoms with Crippen LogP contribution < -0.4 is 5.73 Å². The van der Waals surface area contributed by atoms with Gasteiger partial charge in [0, 0.05) is 12.1 Å². The topological polar surface area (TPSA) is 55.6 Å². The van der Waals surface area contributed by atoms with E-state index in [9.17, 15) is 4.79 Å². The van der Waals surface area contributed by atoms with E-state index in [-0.39, 0.29) is 18.1 Å². The molecule has 2 fully saturated rings. The van der Waals surface area contributed by atoms with E-state index in [1.165, 1.54) is 11.3 Å². The van der Waals surface area contributed by atoms with Gasteiger partial charge in [0.05, 0.1) is 25.3 Å². The first-order valence-corrected chi connectivity index (χ1v) is 7.88. The van der Waals surface area contributed by atoms with Crippen molar-refractivity contribution in [1.29, 1.82) is 0 Å². The largest absolute Gasteiger partial charge is 0.374 e. The molecule has 1 aliphatic heterocycles. The van der Waals surface area contributed by atoms with Gasteiger partial charge < -0.3 is 15.4 Å². The normalized spacial score (nSPS) is 24.9. The van der Waals surface area contributed by atoms with Crippen molar-refractivity contribution >= 4 is 17.2 Å². The Labute approximate surface area is 122 Å². The second-order valence-corrected chi connectivity index (χ2v) is 5.99. The van der Waals surface area contributed by atoms with E-state index in [4.69, 9.17) is 10.5 Å². The fourth-order valence-corrected chi connectivity index (χ4v) is 3.83. The molecule has 1 aromatic heterocycles. The van der Waals surface area contributed by atoms with E-state index < -0.39 is 0 Å². The van der Waals surface area contributed by atoms with Crippen LogP contribution in [0.2, 0.25) is 0 Å². The van der Waals surface area contributed by atoms with Crippen LogP contribution in [0.4, 0.5) is 0 Å². The second kappa shape index (κ2) is 5.96. The molecule has 1 saturated carbocycles. The highest BCUT2D eigenvalue weighted by molar-refractivity contribution is 7.12. The number of morpholine rings is 1. The summed E-state index contributed by atoms with van der Waals surface area (Å²) in [6.45, 7) is 1.63. The minimum atomic E-state index is 0.0986. The Kier molecular flexibility index (Phi) is 4.06. The summed E-state index contributed by atoms with van der Waals surface area (Å²) in [5.41, 5.74) is 6.20. The Hall–Kier alpha value is -1.35. The standard InChI is InChI=1S/C15H18N2O2S/c16-7-2-3-11-6-10-20-14(11)15(18)17-8-9-19-13-5-1-4-12(13)17/h6,10,12-13H,1,4-5,7-9,16H2. The Morgan fingerprint density at radius 1 is 1.55 bits per heavy atom. The Morgan fingerprint density at radius 2 is 2.45 bits per heavy atom. The van der Waals surface area contributed by atoms with Gasteiger partial charge in [0.15, 0.2) is 0 Å². The Balaban J connectivity index is 1.83. The van der Waals surface area contributed by atoms with Crippen LogP contribution in [0.5, 0.6) is 0 Å². The minimum absolute atomic E-state index is 0.0986. The number of rotatable bonds is 1. The monoisotopic (exact) mass is 290 g/mol. The van der Waals surface area contributed by atoms with E-state index in [1.54, 1.807) is 0 Å². The van der Waals surface area contributed by atoms with Crippen molar-refractivity contribution in [3.05, 3.63) is 21.9 Å². The van der Waals surface area contributed by atoms with Crippen LogP contribution in [0.1, 0.15) is 34.5 Å². The summed E-state index contributed by atoms with van der Waals surface area (Å²) in [7, 11) is 0. The van der Waals surface area contributed by atoms with Crippen LogP contribution >= 0.6 is 11.3 Å². The molecule has 5 heteroatoms. The SMILES string of the molecule is NCC#Cc1ccsc1C(=O)N1CCOC2CCCC21. The van der Waals surface area contributed by atoms with Crippen molar-refractivity contribution < 1.29 is 9.53 Å². The molecule has 0 bridgehead atoms. The molecule has 2 aliphatic rings. The molecular weight excluding hydrogens is 272 g/mol. The zero-order valence-electron chi connectivity index (χ0n) is 11.3. The smallest absolute Gasteiger partial charge is 0.265 e. The number of thiophene rings is 1. The van der Waals surface area contributed by atoms with Crippen molar-refractivity contribution in [1.82, 2.24) is 4.90 Å². The number of carbonyl (C=O) groups is 1. The summed E-state index contributed by atoms with van der Waals surface area (Å²) >= 11 is 1.46. The third-order valence-corrected chi connectivity index (χ3v) is 4.83. The maximum atomic E-state index is 12.8. The van der Waals surface area contributed by atoms with Gasteiger partial charge >= 0.3 is 0 Å². The second-order valence-electron chi connectivity index (χ2n) is 5.08. The Morgan fingerprint density at radius 3 is 3.30 bits per heavy atom. The summed E-state index contributed by atoms with van der Waals surface area (Å²) < 4.78 is 5.76. The van der Waals surface area contributed by atoms with Crippen molar-refractivity contribution in [3.8, 4) is 11.8 Å². The average molecular weight is 290 g/mol. The van der Waals surface area contributed by atoms with E-state index in [2.05, 4.69) is 11.8 Å². The average Bonchev–Trinajstić information content (AvgIpc) is 3.12. The van der Waals surface area contributed by atoms with E-state index in [0.717, 1.165) is 29.7 Å². The van der Waals surface area contributed by atoms with Gasteiger partial charge in [-0.05, 0) is 30.7 Å². The lowest BCUT2D eigenvalue weighted by molar-refractivity contribution is -0.0443.